The van der Waals surface area contributed by atoms with E-state index in [1.54, 1.807) is 19.1 Å². The molecular weight excluding hydrogens is 406 g/mol. The van der Waals surface area contributed by atoms with Crippen LogP contribution in [0.1, 0.15) is 43.1 Å². The predicted molar refractivity (Wildman–Crippen MR) is 111 cm³/mol. The zero-order chi connectivity index (χ0) is 22.8. The molecule has 3 rings (SSSR count). The van der Waals surface area contributed by atoms with E-state index in [1.165, 1.54) is 56.6 Å². The number of halogens is 2. The van der Waals surface area contributed by atoms with E-state index in [9.17, 15) is 23.5 Å². The summed E-state index contributed by atoms with van der Waals surface area (Å²) in [6.07, 6.45) is 0.329. The number of aliphatic hydroxyl groups is 1. The Morgan fingerprint density at radius 3 is 2.42 bits per heavy atom. The van der Waals surface area contributed by atoms with Crippen molar-refractivity contribution < 1.29 is 18.7 Å². The number of carbonyl (C=O) groups is 1. The van der Waals surface area contributed by atoms with Gasteiger partial charge in [0.1, 0.15) is 5.56 Å². The summed E-state index contributed by atoms with van der Waals surface area (Å²) in [5, 5.41) is 17.0. The second kappa shape index (κ2) is 8.73. The van der Waals surface area contributed by atoms with Crippen LogP contribution in [-0.4, -0.2) is 37.4 Å². The Morgan fingerprint density at radius 1 is 1.19 bits per heavy atom. The van der Waals surface area contributed by atoms with Crippen LogP contribution in [0.3, 0.4) is 0 Å². The monoisotopic (exact) mass is 428 g/mol. The number of hydrogen-bond donors (Lipinski definition) is 2. The summed E-state index contributed by atoms with van der Waals surface area (Å²) < 4.78 is 26.8. The molecule has 2 heterocycles. The van der Waals surface area contributed by atoms with E-state index in [-0.39, 0.29) is 16.8 Å². The lowest BCUT2D eigenvalue weighted by atomic mass is 10.0. The quantitative estimate of drug-likeness (QED) is 0.629. The molecule has 0 saturated carbocycles. The number of rotatable bonds is 6. The third-order valence-corrected chi connectivity index (χ3v) is 4.91. The Hall–Kier alpha value is -3.46. The number of benzene rings is 1. The maximum absolute atomic E-state index is 13.0. The molecule has 7 nitrogen and oxygen atoms in total. The lowest BCUT2D eigenvalue weighted by molar-refractivity contribution is 0.0408. The highest BCUT2D eigenvalue weighted by Crippen LogP contribution is 2.23. The largest absolute Gasteiger partial charge is 0.388 e. The van der Waals surface area contributed by atoms with Crippen molar-refractivity contribution in [1.82, 2.24) is 20.1 Å². The number of carbonyl (C=O) groups excluding carboxylic acids is 1. The van der Waals surface area contributed by atoms with Gasteiger partial charge in [-0.15, -0.1) is 0 Å². The minimum absolute atomic E-state index is 0.152. The highest BCUT2D eigenvalue weighted by molar-refractivity contribution is 5.95. The Balaban J connectivity index is 2.13. The molecule has 1 amide bonds. The molecule has 0 aliphatic rings. The maximum atomic E-state index is 13.0. The molecule has 0 aliphatic carbocycles. The molecule has 1 atom stereocenters. The predicted octanol–water partition coefficient (Wildman–Crippen LogP) is 3.12. The standard InChI is InChI=1S/C22H22F2N4O3/c1-13(22(2,3)31)26-20(29)17-11-18(14-6-8-15(9-7-14)19(23)24)27-28(21(17)30)16-5-4-10-25-12-16/h4-13,19,31H,1-3H3,(H,26,29)/t13-/m0/s1. The number of alkyl halides is 2. The fourth-order valence-corrected chi connectivity index (χ4v) is 2.70. The summed E-state index contributed by atoms with van der Waals surface area (Å²) in [6.45, 7) is 4.69. The minimum Gasteiger partial charge on any atom is -0.388 e. The van der Waals surface area contributed by atoms with E-state index >= 15 is 0 Å². The van der Waals surface area contributed by atoms with Crippen molar-refractivity contribution in [2.75, 3.05) is 0 Å². The van der Waals surface area contributed by atoms with Gasteiger partial charge in [0.2, 0.25) is 0 Å². The van der Waals surface area contributed by atoms with Crippen molar-refractivity contribution in [3.63, 3.8) is 0 Å². The summed E-state index contributed by atoms with van der Waals surface area (Å²) in [7, 11) is 0. The van der Waals surface area contributed by atoms with Crippen LogP contribution in [0.15, 0.2) is 59.7 Å². The van der Waals surface area contributed by atoms with Crippen LogP contribution in [0, 0.1) is 0 Å². The summed E-state index contributed by atoms with van der Waals surface area (Å²) >= 11 is 0. The lowest BCUT2D eigenvalue weighted by Crippen LogP contribution is -2.48. The Kier molecular flexibility index (Phi) is 6.26. The average Bonchev–Trinajstić information content (AvgIpc) is 2.73. The number of hydrogen-bond acceptors (Lipinski definition) is 5. The van der Waals surface area contributed by atoms with Crippen molar-refractivity contribution in [2.24, 2.45) is 0 Å². The van der Waals surface area contributed by atoms with E-state index < -0.39 is 29.5 Å². The smallest absolute Gasteiger partial charge is 0.284 e. The third kappa shape index (κ3) is 5.00. The van der Waals surface area contributed by atoms with E-state index in [1.807, 2.05) is 0 Å². The zero-order valence-corrected chi connectivity index (χ0v) is 17.2. The van der Waals surface area contributed by atoms with Crippen LogP contribution >= 0.6 is 0 Å². The van der Waals surface area contributed by atoms with Gasteiger partial charge in [-0.1, -0.05) is 24.3 Å². The first-order chi connectivity index (χ1) is 14.6. The fourth-order valence-electron chi connectivity index (χ4n) is 2.70. The van der Waals surface area contributed by atoms with Gasteiger partial charge in [0.25, 0.3) is 17.9 Å². The van der Waals surface area contributed by atoms with Crippen molar-refractivity contribution in [2.45, 2.75) is 38.8 Å². The minimum atomic E-state index is -2.61. The summed E-state index contributed by atoms with van der Waals surface area (Å²) in [5.41, 5.74) is -1.22. The first-order valence-corrected chi connectivity index (χ1v) is 9.54. The van der Waals surface area contributed by atoms with Gasteiger partial charge in [-0.05, 0) is 39.0 Å². The van der Waals surface area contributed by atoms with Crippen LogP contribution in [0.4, 0.5) is 8.78 Å². The summed E-state index contributed by atoms with van der Waals surface area (Å²) in [6, 6.07) is 9.29. The summed E-state index contributed by atoms with van der Waals surface area (Å²) in [4.78, 5) is 29.8. The van der Waals surface area contributed by atoms with E-state index in [2.05, 4.69) is 15.4 Å². The topological polar surface area (TPSA) is 97.1 Å². The van der Waals surface area contributed by atoms with Gasteiger partial charge in [-0.2, -0.15) is 9.78 Å². The molecule has 3 aromatic rings. The molecular formula is C22H22F2N4O3. The van der Waals surface area contributed by atoms with Gasteiger partial charge in [0.05, 0.1) is 29.2 Å². The molecule has 0 unspecified atom stereocenters. The second-order valence-electron chi connectivity index (χ2n) is 7.64. The van der Waals surface area contributed by atoms with Gasteiger partial charge in [-0.25, -0.2) is 8.78 Å². The highest BCUT2D eigenvalue weighted by Gasteiger charge is 2.26. The first kappa shape index (κ1) is 22.2. The molecule has 162 valence electrons. The van der Waals surface area contributed by atoms with E-state index in [0.717, 1.165) is 4.68 Å². The molecule has 0 spiro atoms. The van der Waals surface area contributed by atoms with Gasteiger partial charge in [0.15, 0.2) is 0 Å². The first-order valence-electron chi connectivity index (χ1n) is 9.54. The molecule has 0 saturated heterocycles. The average molecular weight is 428 g/mol. The van der Waals surface area contributed by atoms with Crippen LogP contribution in [0.2, 0.25) is 0 Å². The molecule has 2 N–H and O–H groups in total. The Morgan fingerprint density at radius 2 is 1.87 bits per heavy atom. The molecule has 0 fully saturated rings. The molecule has 0 radical (unpaired) electrons. The highest BCUT2D eigenvalue weighted by atomic mass is 19.3. The zero-order valence-electron chi connectivity index (χ0n) is 17.2. The Bertz CT molecular complexity index is 1120. The van der Waals surface area contributed by atoms with Crippen molar-refractivity contribution in [1.29, 1.82) is 0 Å². The number of amides is 1. The molecule has 1 aromatic carbocycles. The third-order valence-electron chi connectivity index (χ3n) is 4.91. The second-order valence-corrected chi connectivity index (χ2v) is 7.64. The molecule has 9 heteroatoms. The molecule has 31 heavy (non-hydrogen) atoms. The van der Waals surface area contributed by atoms with Crippen LogP contribution < -0.4 is 10.9 Å². The van der Waals surface area contributed by atoms with Gasteiger partial charge >= 0.3 is 0 Å². The van der Waals surface area contributed by atoms with Crippen LogP contribution in [0.25, 0.3) is 16.9 Å². The van der Waals surface area contributed by atoms with Crippen molar-refractivity contribution in [3.8, 4) is 16.9 Å². The fraction of sp³-hybridized carbons (Fsp3) is 0.273. The summed E-state index contributed by atoms with van der Waals surface area (Å²) in [5.74, 6) is -0.690. The Labute approximate surface area is 177 Å². The molecule has 0 bridgehead atoms. The van der Waals surface area contributed by atoms with Crippen LogP contribution in [0.5, 0.6) is 0 Å². The SMILES string of the molecule is C[C@H](NC(=O)c1cc(-c2ccc(C(F)F)cc2)nn(-c2cccnc2)c1=O)C(C)(C)O. The van der Waals surface area contributed by atoms with Gasteiger partial charge in [0, 0.05) is 17.3 Å². The van der Waals surface area contributed by atoms with E-state index in [0.29, 0.717) is 11.3 Å². The van der Waals surface area contributed by atoms with Crippen molar-refractivity contribution >= 4 is 5.91 Å². The normalized spacial score (nSPS) is 12.6. The maximum Gasteiger partial charge on any atom is 0.284 e. The van der Waals surface area contributed by atoms with E-state index in [4.69, 9.17) is 0 Å². The number of nitrogens with zero attached hydrogens (tertiary/aromatic N) is 3. The number of aromatic nitrogens is 3. The molecule has 2 aromatic heterocycles. The van der Waals surface area contributed by atoms with Crippen molar-refractivity contribution in [3.05, 3.63) is 76.3 Å². The lowest BCUT2D eigenvalue weighted by Gasteiger charge is -2.26. The van der Waals surface area contributed by atoms with Crippen LogP contribution in [-0.2, 0) is 0 Å². The van der Waals surface area contributed by atoms with Gasteiger partial charge in [-0.3, -0.25) is 14.6 Å². The number of pyridine rings is 1. The molecule has 0 aliphatic heterocycles. The van der Waals surface area contributed by atoms with Gasteiger partial charge < -0.3 is 10.4 Å². The number of nitrogens with one attached hydrogen (secondary N) is 1.